The second-order valence-corrected chi connectivity index (χ2v) is 8.26. The number of fused-ring (bicyclic) bond motifs is 2. The number of nitrogens with one attached hydrogen (secondary N) is 1. The minimum atomic E-state index is -0.303. The van der Waals surface area contributed by atoms with Crippen LogP contribution in [0.4, 0.5) is 0 Å². The van der Waals surface area contributed by atoms with Gasteiger partial charge in [0.1, 0.15) is 5.75 Å². The Kier molecular flexibility index (Phi) is 5.36. The molecule has 1 aliphatic rings. The first kappa shape index (κ1) is 20.6. The maximum absolute atomic E-state index is 13.5. The van der Waals surface area contributed by atoms with Crippen LogP contribution in [0.1, 0.15) is 15.9 Å². The van der Waals surface area contributed by atoms with E-state index in [1.165, 1.54) is 0 Å². The van der Waals surface area contributed by atoms with E-state index in [0.717, 1.165) is 33.3 Å². The van der Waals surface area contributed by atoms with Gasteiger partial charge in [0.2, 0.25) is 5.88 Å². The Morgan fingerprint density at radius 1 is 1.34 bits per heavy atom. The van der Waals surface area contributed by atoms with Crippen LogP contribution in [0, 0.1) is 5.92 Å². The van der Waals surface area contributed by atoms with Gasteiger partial charge >= 0.3 is 0 Å². The zero-order chi connectivity index (χ0) is 22.2. The van der Waals surface area contributed by atoms with Gasteiger partial charge in [-0.25, -0.2) is 0 Å². The molecule has 0 radical (unpaired) electrons. The van der Waals surface area contributed by atoms with Gasteiger partial charge in [-0.1, -0.05) is 23.7 Å². The minimum absolute atomic E-state index is 0.0194. The van der Waals surface area contributed by atoms with Gasteiger partial charge in [-0.05, 0) is 41.8 Å². The first-order chi connectivity index (χ1) is 15.6. The molecule has 1 atom stereocenters. The standard InChI is InChI=1S/C24H22ClN3O4/c1-31-24-19(11-26-27-24)14-2-4-18-20(12-28(6-7-29)21(18)10-14)23(30)16-8-15-9-17(25)3-5-22(15)32-13-16/h2-5,9-12,16,29H,6-8,13H2,1H3,(H,26,27). The highest BCUT2D eigenvalue weighted by Gasteiger charge is 2.29. The van der Waals surface area contributed by atoms with Gasteiger partial charge in [-0.3, -0.25) is 9.89 Å². The molecule has 32 heavy (non-hydrogen) atoms. The number of H-pyrrole nitrogens is 1. The van der Waals surface area contributed by atoms with Crippen LogP contribution in [0.25, 0.3) is 22.0 Å². The highest BCUT2D eigenvalue weighted by atomic mass is 35.5. The van der Waals surface area contributed by atoms with Gasteiger partial charge in [0.25, 0.3) is 0 Å². The number of carbonyl (C=O) groups is 1. The van der Waals surface area contributed by atoms with Crippen LogP contribution in [0.2, 0.25) is 5.02 Å². The lowest BCUT2D eigenvalue weighted by Crippen LogP contribution is -2.28. The molecule has 1 unspecified atom stereocenters. The molecule has 0 saturated carbocycles. The molecule has 3 heterocycles. The molecular formula is C24H22ClN3O4. The Morgan fingerprint density at radius 3 is 3.03 bits per heavy atom. The molecule has 0 aliphatic carbocycles. The normalized spacial score (nSPS) is 15.4. The summed E-state index contributed by atoms with van der Waals surface area (Å²) in [5.74, 6) is 0.992. The zero-order valence-electron chi connectivity index (χ0n) is 17.5. The quantitative estimate of drug-likeness (QED) is 0.430. The summed E-state index contributed by atoms with van der Waals surface area (Å²) < 4.78 is 13.1. The number of aliphatic hydroxyl groups is 1. The molecule has 8 heteroatoms. The lowest BCUT2D eigenvalue weighted by atomic mass is 9.89. The monoisotopic (exact) mass is 451 g/mol. The van der Waals surface area contributed by atoms with Crippen molar-refractivity contribution in [2.24, 2.45) is 5.92 Å². The van der Waals surface area contributed by atoms with E-state index in [1.807, 2.05) is 41.1 Å². The van der Waals surface area contributed by atoms with Crippen molar-refractivity contribution in [1.82, 2.24) is 14.8 Å². The molecule has 0 bridgehead atoms. The number of hydrogen-bond acceptors (Lipinski definition) is 5. The van der Waals surface area contributed by atoms with Crippen LogP contribution < -0.4 is 9.47 Å². The molecule has 4 aromatic rings. The van der Waals surface area contributed by atoms with Crippen LogP contribution in [0.5, 0.6) is 11.6 Å². The van der Waals surface area contributed by atoms with Crippen LogP contribution in [0.3, 0.4) is 0 Å². The third-order valence-electron chi connectivity index (χ3n) is 5.90. The molecule has 2 aromatic heterocycles. The number of ether oxygens (including phenoxy) is 2. The Balaban J connectivity index is 1.53. The van der Waals surface area contributed by atoms with Gasteiger partial charge in [0, 0.05) is 40.4 Å². The number of carbonyl (C=O) groups excluding carboxylic acids is 1. The van der Waals surface area contributed by atoms with Crippen molar-refractivity contribution in [2.45, 2.75) is 13.0 Å². The zero-order valence-corrected chi connectivity index (χ0v) is 18.2. The molecule has 0 saturated heterocycles. The highest BCUT2D eigenvalue weighted by Crippen LogP contribution is 2.35. The van der Waals surface area contributed by atoms with E-state index in [9.17, 15) is 9.90 Å². The van der Waals surface area contributed by atoms with E-state index in [1.54, 1.807) is 19.4 Å². The van der Waals surface area contributed by atoms with E-state index < -0.39 is 0 Å². The smallest absolute Gasteiger partial charge is 0.240 e. The number of methoxy groups -OCH3 is 1. The first-order valence-corrected chi connectivity index (χ1v) is 10.7. The third kappa shape index (κ3) is 3.53. The number of ketones is 1. The summed E-state index contributed by atoms with van der Waals surface area (Å²) in [5, 5.41) is 18.0. The number of aromatic amines is 1. The van der Waals surface area contributed by atoms with E-state index >= 15 is 0 Å². The fraction of sp³-hybridized carbons (Fsp3) is 0.250. The molecule has 0 fully saturated rings. The SMILES string of the molecule is COc1n[nH]cc1-c1ccc2c(C(=O)C3COc4ccc(Cl)cc4C3)cn(CCO)c2c1. The van der Waals surface area contributed by atoms with Crippen LogP contribution in [-0.4, -0.2) is 46.0 Å². The first-order valence-electron chi connectivity index (χ1n) is 10.4. The van der Waals surface area contributed by atoms with Crippen molar-refractivity contribution in [3.63, 3.8) is 0 Å². The number of halogens is 1. The maximum Gasteiger partial charge on any atom is 0.240 e. The average molecular weight is 452 g/mol. The van der Waals surface area contributed by atoms with Crippen molar-refractivity contribution in [1.29, 1.82) is 0 Å². The average Bonchev–Trinajstić information content (AvgIpc) is 3.43. The number of aromatic nitrogens is 3. The number of benzene rings is 2. The molecule has 5 rings (SSSR count). The summed E-state index contributed by atoms with van der Waals surface area (Å²) in [6, 6.07) is 11.4. The number of Topliss-reactive ketones (excluding diaryl/α,β-unsaturated/α-hetero) is 1. The van der Waals surface area contributed by atoms with E-state index in [0.29, 0.717) is 36.0 Å². The minimum Gasteiger partial charge on any atom is -0.493 e. The molecule has 0 spiro atoms. The van der Waals surface area contributed by atoms with Crippen molar-refractivity contribution >= 4 is 28.3 Å². The number of rotatable bonds is 6. The van der Waals surface area contributed by atoms with Gasteiger partial charge < -0.3 is 19.1 Å². The van der Waals surface area contributed by atoms with Crippen molar-refractivity contribution in [3.05, 3.63) is 64.9 Å². The summed E-state index contributed by atoms with van der Waals surface area (Å²) in [6.45, 7) is 0.675. The predicted molar refractivity (Wildman–Crippen MR) is 122 cm³/mol. The van der Waals surface area contributed by atoms with Crippen LogP contribution in [0.15, 0.2) is 48.8 Å². The summed E-state index contributed by atoms with van der Waals surface area (Å²) in [7, 11) is 1.57. The fourth-order valence-electron chi connectivity index (χ4n) is 4.34. The lowest BCUT2D eigenvalue weighted by Gasteiger charge is -2.24. The molecule has 2 aromatic carbocycles. The Hall–Kier alpha value is -3.29. The number of nitrogens with zero attached hydrogens (tertiary/aromatic N) is 2. The molecule has 0 amide bonds. The van der Waals surface area contributed by atoms with Gasteiger partial charge in [-0.15, -0.1) is 5.10 Å². The van der Waals surface area contributed by atoms with E-state index in [4.69, 9.17) is 21.1 Å². The summed E-state index contributed by atoms with van der Waals surface area (Å²) in [6.07, 6.45) is 4.17. The molecule has 7 nitrogen and oxygen atoms in total. The van der Waals surface area contributed by atoms with Gasteiger partial charge in [-0.2, -0.15) is 0 Å². The van der Waals surface area contributed by atoms with Gasteiger partial charge in [0.15, 0.2) is 5.78 Å². The number of aliphatic hydroxyl groups excluding tert-OH is 1. The summed E-state index contributed by atoms with van der Waals surface area (Å²) in [4.78, 5) is 13.5. The van der Waals surface area contributed by atoms with E-state index in [2.05, 4.69) is 10.2 Å². The van der Waals surface area contributed by atoms with E-state index in [-0.39, 0.29) is 18.3 Å². The van der Waals surface area contributed by atoms with Crippen molar-refractivity contribution < 1.29 is 19.4 Å². The van der Waals surface area contributed by atoms with Crippen LogP contribution >= 0.6 is 11.6 Å². The second kappa shape index (κ2) is 8.33. The summed E-state index contributed by atoms with van der Waals surface area (Å²) in [5.41, 5.74) is 4.16. The van der Waals surface area contributed by atoms with Crippen molar-refractivity contribution in [2.75, 3.05) is 20.3 Å². The molecule has 164 valence electrons. The summed E-state index contributed by atoms with van der Waals surface area (Å²) >= 11 is 6.13. The Morgan fingerprint density at radius 2 is 2.22 bits per heavy atom. The second-order valence-electron chi connectivity index (χ2n) is 7.83. The molecule has 1 aliphatic heterocycles. The molecular weight excluding hydrogens is 430 g/mol. The third-order valence-corrected chi connectivity index (χ3v) is 6.13. The highest BCUT2D eigenvalue weighted by molar-refractivity contribution is 6.30. The Labute approximate surface area is 189 Å². The predicted octanol–water partition coefficient (Wildman–Crippen LogP) is 4.12. The number of hydrogen-bond donors (Lipinski definition) is 2. The molecule has 2 N–H and O–H groups in total. The Bertz CT molecular complexity index is 1310. The van der Waals surface area contributed by atoms with Crippen LogP contribution in [-0.2, 0) is 13.0 Å². The lowest BCUT2D eigenvalue weighted by molar-refractivity contribution is 0.0856. The van der Waals surface area contributed by atoms with Crippen molar-refractivity contribution in [3.8, 4) is 22.8 Å². The largest absolute Gasteiger partial charge is 0.493 e. The topological polar surface area (TPSA) is 89.4 Å². The maximum atomic E-state index is 13.5. The van der Waals surface area contributed by atoms with Gasteiger partial charge in [0.05, 0.1) is 31.8 Å². The fourth-order valence-corrected chi connectivity index (χ4v) is 4.53.